The number of benzene rings is 1. The zero-order valence-electron chi connectivity index (χ0n) is 20.5. The van der Waals surface area contributed by atoms with Gasteiger partial charge in [-0.25, -0.2) is 0 Å². The second kappa shape index (κ2) is 12.2. The molecule has 0 aliphatic carbocycles. The van der Waals surface area contributed by atoms with Crippen molar-refractivity contribution in [3.8, 4) is 5.75 Å². The zero-order chi connectivity index (χ0) is 24.7. The molecule has 1 aromatic rings. The maximum absolute atomic E-state index is 13.7. The van der Waals surface area contributed by atoms with Gasteiger partial charge >= 0.3 is 0 Å². The van der Waals surface area contributed by atoms with E-state index in [1.807, 2.05) is 38.2 Å². The molecule has 5 N–H and O–H groups in total. The minimum absolute atomic E-state index is 0.0194. The van der Waals surface area contributed by atoms with Crippen molar-refractivity contribution in [2.24, 2.45) is 11.7 Å². The SMILES string of the molecule is CC[C@H](N)C(=O)N[C@@H]1C(=O)N2C(CC[C@@H]1CNC)CC[C@H]2C(=O)NCCc1ccc(OC)cc1. The van der Waals surface area contributed by atoms with Crippen molar-refractivity contribution in [1.29, 1.82) is 0 Å². The van der Waals surface area contributed by atoms with Crippen molar-refractivity contribution in [3.63, 3.8) is 0 Å². The topological polar surface area (TPSA) is 126 Å². The van der Waals surface area contributed by atoms with Crippen LogP contribution in [0.5, 0.6) is 5.75 Å². The van der Waals surface area contributed by atoms with E-state index in [4.69, 9.17) is 10.5 Å². The van der Waals surface area contributed by atoms with Crippen molar-refractivity contribution in [2.75, 3.05) is 27.2 Å². The largest absolute Gasteiger partial charge is 0.497 e. The summed E-state index contributed by atoms with van der Waals surface area (Å²) in [5.41, 5.74) is 7.01. The van der Waals surface area contributed by atoms with Crippen LogP contribution in [0.15, 0.2) is 24.3 Å². The fraction of sp³-hybridized carbons (Fsp3) is 0.640. The molecule has 0 aromatic heterocycles. The van der Waals surface area contributed by atoms with Gasteiger partial charge in [-0.3, -0.25) is 14.4 Å². The van der Waals surface area contributed by atoms with Crippen LogP contribution in [0.2, 0.25) is 0 Å². The Kier molecular flexibility index (Phi) is 9.29. The number of rotatable bonds is 10. The zero-order valence-corrected chi connectivity index (χ0v) is 20.5. The molecule has 0 spiro atoms. The summed E-state index contributed by atoms with van der Waals surface area (Å²) in [6.07, 6.45) is 4.23. The third-order valence-electron chi connectivity index (χ3n) is 7.08. The quantitative estimate of drug-likeness (QED) is 0.394. The van der Waals surface area contributed by atoms with Crippen LogP contribution < -0.4 is 26.4 Å². The molecule has 2 aliphatic rings. The van der Waals surface area contributed by atoms with E-state index >= 15 is 0 Å². The Bertz CT molecular complexity index is 846. The first kappa shape index (κ1) is 26.0. The number of amides is 3. The van der Waals surface area contributed by atoms with Gasteiger partial charge in [0.2, 0.25) is 17.7 Å². The monoisotopic (exact) mass is 473 g/mol. The predicted octanol–water partition coefficient (Wildman–Crippen LogP) is 0.565. The Labute approximate surface area is 202 Å². The van der Waals surface area contributed by atoms with E-state index < -0.39 is 18.1 Å². The lowest BCUT2D eigenvalue weighted by Crippen LogP contribution is -2.58. The van der Waals surface area contributed by atoms with Crippen molar-refractivity contribution in [2.45, 2.75) is 69.6 Å². The number of nitrogens with two attached hydrogens (primary N) is 1. The van der Waals surface area contributed by atoms with E-state index in [0.29, 0.717) is 32.4 Å². The van der Waals surface area contributed by atoms with E-state index in [0.717, 1.165) is 30.6 Å². The first-order valence-corrected chi connectivity index (χ1v) is 12.3. The highest BCUT2D eigenvalue weighted by molar-refractivity contribution is 5.94. The van der Waals surface area contributed by atoms with Crippen LogP contribution >= 0.6 is 0 Å². The first-order chi connectivity index (χ1) is 16.4. The van der Waals surface area contributed by atoms with Crippen LogP contribution in [0.3, 0.4) is 0 Å². The second-order valence-corrected chi connectivity index (χ2v) is 9.28. The molecule has 9 heteroatoms. The van der Waals surface area contributed by atoms with Crippen LogP contribution in [-0.2, 0) is 20.8 Å². The fourth-order valence-corrected chi connectivity index (χ4v) is 5.04. The average Bonchev–Trinajstić information content (AvgIpc) is 3.23. The van der Waals surface area contributed by atoms with E-state index in [-0.39, 0.29) is 29.7 Å². The van der Waals surface area contributed by atoms with Crippen molar-refractivity contribution in [1.82, 2.24) is 20.9 Å². The highest BCUT2D eigenvalue weighted by atomic mass is 16.5. The van der Waals surface area contributed by atoms with E-state index in [1.54, 1.807) is 12.0 Å². The molecule has 2 heterocycles. The standard InChI is InChI=1S/C25H39N5O4/c1-4-20(26)23(31)29-22-17(15-27-2)7-8-18-9-12-21(30(18)25(22)33)24(32)28-14-13-16-5-10-19(34-3)11-6-16/h5-6,10-11,17-18,20-22,27H,4,7-9,12-15,26H2,1-3H3,(H,28,32)(H,29,31)/t17-,18?,20+,21+,22+/m1/s1. The Morgan fingerprint density at radius 1 is 1.18 bits per heavy atom. The number of ether oxygens (including phenoxy) is 1. The summed E-state index contributed by atoms with van der Waals surface area (Å²) >= 11 is 0. The number of carbonyl (C=O) groups is 3. The number of hydrogen-bond donors (Lipinski definition) is 4. The molecule has 0 bridgehead atoms. The van der Waals surface area contributed by atoms with Crippen LogP contribution in [0, 0.1) is 5.92 Å². The lowest BCUT2D eigenvalue weighted by molar-refractivity contribution is -0.143. The maximum atomic E-state index is 13.7. The Hall–Kier alpha value is -2.65. The Morgan fingerprint density at radius 2 is 1.88 bits per heavy atom. The smallest absolute Gasteiger partial charge is 0.246 e. The fourth-order valence-electron chi connectivity index (χ4n) is 5.04. The summed E-state index contributed by atoms with van der Waals surface area (Å²) in [5.74, 6) is 0.122. The molecule has 2 saturated heterocycles. The van der Waals surface area contributed by atoms with Gasteiger partial charge in [0.15, 0.2) is 0 Å². The third-order valence-corrected chi connectivity index (χ3v) is 7.08. The minimum Gasteiger partial charge on any atom is -0.497 e. The molecule has 3 amide bonds. The number of fused-ring (bicyclic) bond motifs is 1. The van der Waals surface area contributed by atoms with Crippen LogP contribution in [0.4, 0.5) is 0 Å². The second-order valence-electron chi connectivity index (χ2n) is 9.28. The predicted molar refractivity (Wildman–Crippen MR) is 130 cm³/mol. The van der Waals surface area contributed by atoms with Crippen LogP contribution in [-0.4, -0.2) is 74.0 Å². The molecule has 1 aromatic carbocycles. The number of nitrogens with one attached hydrogen (secondary N) is 3. The van der Waals surface area contributed by atoms with E-state index in [1.165, 1.54) is 0 Å². The van der Waals surface area contributed by atoms with Gasteiger partial charge in [0.25, 0.3) is 0 Å². The van der Waals surface area contributed by atoms with Gasteiger partial charge in [-0.05, 0) is 63.3 Å². The number of methoxy groups -OCH3 is 1. The van der Waals surface area contributed by atoms with Gasteiger partial charge in [-0.1, -0.05) is 19.1 Å². The molecular weight excluding hydrogens is 434 g/mol. The molecule has 2 fully saturated rings. The van der Waals surface area contributed by atoms with Gasteiger partial charge in [-0.2, -0.15) is 0 Å². The van der Waals surface area contributed by atoms with E-state index in [9.17, 15) is 14.4 Å². The minimum atomic E-state index is -0.685. The lowest BCUT2D eigenvalue weighted by Gasteiger charge is -2.32. The highest BCUT2D eigenvalue weighted by Gasteiger charge is 2.47. The normalized spacial score (nSPS) is 25.3. The maximum Gasteiger partial charge on any atom is 0.246 e. The summed E-state index contributed by atoms with van der Waals surface area (Å²) in [6, 6.07) is 5.92. The summed E-state index contributed by atoms with van der Waals surface area (Å²) in [5, 5.41) is 9.06. The summed E-state index contributed by atoms with van der Waals surface area (Å²) in [4.78, 5) is 41.1. The van der Waals surface area contributed by atoms with Gasteiger partial charge < -0.3 is 31.3 Å². The Balaban J connectivity index is 1.67. The van der Waals surface area contributed by atoms with Crippen molar-refractivity contribution >= 4 is 17.7 Å². The van der Waals surface area contributed by atoms with Gasteiger partial charge in [-0.15, -0.1) is 0 Å². The van der Waals surface area contributed by atoms with Crippen LogP contribution in [0.1, 0.15) is 44.6 Å². The highest BCUT2D eigenvalue weighted by Crippen LogP contribution is 2.34. The van der Waals surface area contributed by atoms with Crippen molar-refractivity contribution < 1.29 is 19.1 Å². The van der Waals surface area contributed by atoms with Crippen molar-refractivity contribution in [3.05, 3.63) is 29.8 Å². The third kappa shape index (κ3) is 6.07. The van der Waals surface area contributed by atoms with E-state index in [2.05, 4.69) is 16.0 Å². The first-order valence-electron chi connectivity index (χ1n) is 12.3. The van der Waals surface area contributed by atoms with Gasteiger partial charge in [0, 0.05) is 25.0 Å². The van der Waals surface area contributed by atoms with Crippen LogP contribution in [0.25, 0.3) is 0 Å². The number of nitrogens with zero attached hydrogens (tertiary/aromatic N) is 1. The molecular formula is C25H39N5O4. The molecule has 3 rings (SSSR count). The molecule has 0 radical (unpaired) electrons. The molecule has 9 nitrogen and oxygen atoms in total. The molecule has 5 atom stereocenters. The summed E-state index contributed by atoms with van der Waals surface area (Å²) < 4.78 is 5.18. The molecule has 0 saturated carbocycles. The Morgan fingerprint density at radius 3 is 2.53 bits per heavy atom. The molecule has 1 unspecified atom stereocenters. The molecule has 34 heavy (non-hydrogen) atoms. The number of carbonyl (C=O) groups excluding carboxylic acids is 3. The summed E-state index contributed by atoms with van der Waals surface area (Å²) in [7, 11) is 3.47. The van der Waals surface area contributed by atoms with Gasteiger partial charge in [0.1, 0.15) is 17.8 Å². The number of hydrogen-bond acceptors (Lipinski definition) is 6. The average molecular weight is 474 g/mol. The lowest BCUT2D eigenvalue weighted by atomic mass is 9.93. The molecule has 188 valence electrons. The van der Waals surface area contributed by atoms with Gasteiger partial charge in [0.05, 0.1) is 13.2 Å². The molecule has 2 aliphatic heterocycles. The summed E-state index contributed by atoms with van der Waals surface area (Å²) in [6.45, 7) is 2.94.